The highest BCUT2D eigenvalue weighted by Gasteiger charge is 2.31. The average Bonchev–Trinajstić information content (AvgIpc) is 2.84. The van der Waals surface area contributed by atoms with E-state index in [1.54, 1.807) is 11.8 Å². The third-order valence-corrected chi connectivity index (χ3v) is 10.0. The van der Waals surface area contributed by atoms with Gasteiger partial charge in [-0.05, 0) is 79.9 Å². The van der Waals surface area contributed by atoms with Gasteiger partial charge >= 0.3 is 6.09 Å². The van der Waals surface area contributed by atoms with Gasteiger partial charge in [-0.1, -0.05) is 19.9 Å². The zero-order chi connectivity index (χ0) is 27.5. The van der Waals surface area contributed by atoms with E-state index >= 15 is 0 Å². The molecule has 0 aromatic heterocycles. The Balaban J connectivity index is 1.85. The standard InChI is InChI=1S/C24H30FN3O6S3/c1-4-28(24(29)30)23(35)27-13-11-18(12-14-27)26-37(33,34)22-15-20(9-10-21(22)16(2)3)36(31,32)19-7-5-17(25)6-8-19/h5-10,15-16,18,26H,4,11-14H2,1-3H3,(H,29,30). The Bertz CT molecular complexity index is 1370. The maximum atomic E-state index is 13.5. The largest absolute Gasteiger partial charge is 0.465 e. The van der Waals surface area contributed by atoms with Gasteiger partial charge in [0.05, 0.1) is 14.7 Å². The molecule has 0 atom stereocenters. The summed E-state index contributed by atoms with van der Waals surface area (Å²) >= 11 is 5.29. The van der Waals surface area contributed by atoms with Gasteiger partial charge in [0.1, 0.15) is 5.82 Å². The zero-order valence-corrected chi connectivity index (χ0v) is 23.2. The van der Waals surface area contributed by atoms with Gasteiger partial charge < -0.3 is 10.0 Å². The molecule has 1 heterocycles. The van der Waals surface area contributed by atoms with Gasteiger partial charge in [-0.3, -0.25) is 4.90 Å². The quantitative estimate of drug-likeness (QED) is 0.380. The van der Waals surface area contributed by atoms with Crippen molar-refractivity contribution >= 4 is 43.3 Å². The fourth-order valence-electron chi connectivity index (χ4n) is 4.14. The van der Waals surface area contributed by atoms with Gasteiger partial charge in [0.25, 0.3) is 0 Å². The molecule has 202 valence electrons. The van der Waals surface area contributed by atoms with Crippen LogP contribution >= 0.6 is 12.2 Å². The van der Waals surface area contributed by atoms with Crippen molar-refractivity contribution in [2.45, 2.75) is 60.3 Å². The second-order valence-electron chi connectivity index (χ2n) is 9.00. The van der Waals surface area contributed by atoms with Crippen molar-refractivity contribution in [3.8, 4) is 0 Å². The molecule has 2 N–H and O–H groups in total. The van der Waals surface area contributed by atoms with E-state index in [-0.39, 0.29) is 32.3 Å². The van der Waals surface area contributed by atoms with Crippen LogP contribution in [-0.4, -0.2) is 68.6 Å². The minimum Gasteiger partial charge on any atom is -0.465 e. The highest BCUT2D eigenvalue weighted by Crippen LogP contribution is 2.30. The molecule has 0 radical (unpaired) electrons. The van der Waals surface area contributed by atoms with Gasteiger partial charge in [-0.2, -0.15) is 0 Å². The number of hydrogen-bond donors (Lipinski definition) is 2. The topological polar surface area (TPSA) is 124 Å². The average molecular weight is 572 g/mol. The van der Waals surface area contributed by atoms with Crippen LogP contribution in [0.4, 0.5) is 9.18 Å². The molecule has 0 aliphatic carbocycles. The first kappa shape index (κ1) is 29.0. The lowest BCUT2D eigenvalue weighted by molar-refractivity contribution is 0.164. The highest BCUT2D eigenvalue weighted by molar-refractivity contribution is 7.91. The first-order chi connectivity index (χ1) is 17.3. The minimum absolute atomic E-state index is 0.133. The minimum atomic E-state index is -4.11. The number of carbonyl (C=O) groups is 1. The Labute approximate surface area is 222 Å². The first-order valence-electron chi connectivity index (χ1n) is 11.7. The molecule has 13 heteroatoms. The summed E-state index contributed by atoms with van der Waals surface area (Å²) in [6.45, 7) is 6.24. The van der Waals surface area contributed by atoms with Crippen LogP contribution in [0, 0.1) is 5.82 Å². The Kier molecular flexibility index (Phi) is 8.93. The van der Waals surface area contributed by atoms with Crippen LogP contribution < -0.4 is 4.72 Å². The second-order valence-corrected chi connectivity index (χ2v) is 13.0. The van der Waals surface area contributed by atoms with E-state index in [1.807, 2.05) is 13.8 Å². The maximum Gasteiger partial charge on any atom is 0.413 e. The summed E-state index contributed by atoms with van der Waals surface area (Å²) in [6.07, 6.45) is -0.366. The molecule has 1 aliphatic heterocycles. The lowest BCUT2D eigenvalue weighted by Crippen LogP contribution is -2.51. The Morgan fingerprint density at radius 1 is 1.11 bits per heavy atom. The fourth-order valence-corrected chi connectivity index (χ4v) is 7.58. The normalized spacial score (nSPS) is 15.1. The van der Waals surface area contributed by atoms with Crippen molar-refractivity contribution in [2.24, 2.45) is 0 Å². The van der Waals surface area contributed by atoms with E-state index in [1.165, 1.54) is 12.1 Å². The summed E-state index contributed by atoms with van der Waals surface area (Å²) in [4.78, 5) is 13.7. The number of amides is 1. The third kappa shape index (κ3) is 6.46. The van der Waals surface area contributed by atoms with E-state index in [0.717, 1.165) is 35.2 Å². The van der Waals surface area contributed by atoms with Crippen LogP contribution in [0.1, 0.15) is 45.1 Å². The van der Waals surface area contributed by atoms with Crippen LogP contribution in [0.15, 0.2) is 57.2 Å². The van der Waals surface area contributed by atoms with Gasteiger partial charge in [-0.25, -0.2) is 30.7 Å². The molecule has 0 spiro atoms. The van der Waals surface area contributed by atoms with E-state index < -0.39 is 37.8 Å². The van der Waals surface area contributed by atoms with E-state index in [0.29, 0.717) is 31.5 Å². The second kappa shape index (κ2) is 11.4. The molecule has 1 saturated heterocycles. The van der Waals surface area contributed by atoms with E-state index in [4.69, 9.17) is 12.2 Å². The maximum absolute atomic E-state index is 13.5. The Hall–Kier alpha value is -2.61. The number of nitrogens with one attached hydrogen (secondary N) is 1. The molecular weight excluding hydrogens is 541 g/mol. The van der Waals surface area contributed by atoms with E-state index in [9.17, 15) is 31.1 Å². The molecule has 2 aromatic carbocycles. The highest BCUT2D eigenvalue weighted by atomic mass is 32.2. The van der Waals surface area contributed by atoms with Crippen LogP contribution in [0.5, 0.6) is 0 Å². The number of piperidine rings is 1. The number of carboxylic acid groups (broad SMARTS) is 1. The lowest BCUT2D eigenvalue weighted by Gasteiger charge is -2.36. The van der Waals surface area contributed by atoms with Crippen LogP contribution in [0.25, 0.3) is 0 Å². The molecule has 0 bridgehead atoms. The molecule has 1 aliphatic rings. The summed E-state index contributed by atoms with van der Waals surface area (Å²) in [6, 6.07) is 7.88. The third-order valence-electron chi connectivity index (χ3n) is 6.20. The molecule has 3 rings (SSSR count). The number of thiocarbonyl (C=S) groups is 1. The van der Waals surface area contributed by atoms with Crippen molar-refractivity contribution in [1.29, 1.82) is 0 Å². The Morgan fingerprint density at radius 3 is 2.19 bits per heavy atom. The molecule has 1 fully saturated rings. The SMILES string of the molecule is CCN(C(=O)O)C(=S)N1CCC(NS(=O)(=O)c2cc(S(=O)(=O)c3ccc(F)cc3)ccc2C(C)C)CC1. The number of hydrogen-bond acceptors (Lipinski definition) is 6. The molecule has 37 heavy (non-hydrogen) atoms. The van der Waals surface area contributed by atoms with Crippen LogP contribution in [-0.2, 0) is 19.9 Å². The first-order valence-corrected chi connectivity index (χ1v) is 15.1. The van der Waals surface area contributed by atoms with Gasteiger partial charge in [-0.15, -0.1) is 0 Å². The number of sulfone groups is 1. The molecule has 2 aromatic rings. The van der Waals surface area contributed by atoms with Gasteiger partial charge in [0.2, 0.25) is 19.9 Å². The monoisotopic (exact) mass is 571 g/mol. The number of halogens is 1. The van der Waals surface area contributed by atoms with Gasteiger partial charge in [0, 0.05) is 25.7 Å². The van der Waals surface area contributed by atoms with Crippen LogP contribution in [0.2, 0.25) is 0 Å². The summed E-state index contributed by atoms with van der Waals surface area (Å²) < 4.78 is 69.2. The van der Waals surface area contributed by atoms with Crippen molar-refractivity contribution in [3.63, 3.8) is 0 Å². The summed E-state index contributed by atoms with van der Waals surface area (Å²) in [5, 5.41) is 9.48. The Morgan fingerprint density at radius 2 is 1.68 bits per heavy atom. The molecule has 1 amide bonds. The molecular formula is C24H30FN3O6S3. The summed E-state index contributed by atoms with van der Waals surface area (Å²) in [5.41, 5.74) is 0.462. The summed E-state index contributed by atoms with van der Waals surface area (Å²) in [5.74, 6) is -0.789. The van der Waals surface area contributed by atoms with Gasteiger partial charge in [0.15, 0.2) is 5.11 Å². The number of likely N-dealkylation sites (tertiary alicyclic amines) is 1. The van der Waals surface area contributed by atoms with Crippen molar-refractivity contribution in [2.75, 3.05) is 19.6 Å². The van der Waals surface area contributed by atoms with Crippen LogP contribution in [0.3, 0.4) is 0 Å². The van der Waals surface area contributed by atoms with E-state index in [2.05, 4.69) is 4.72 Å². The molecule has 0 unspecified atom stereocenters. The molecule has 0 saturated carbocycles. The predicted molar refractivity (Wildman–Crippen MR) is 140 cm³/mol. The number of sulfonamides is 1. The van der Waals surface area contributed by atoms with Crippen molar-refractivity contribution < 1.29 is 31.1 Å². The number of rotatable bonds is 7. The molecule has 9 nitrogen and oxygen atoms in total. The lowest BCUT2D eigenvalue weighted by atomic mass is 10.0. The fraction of sp³-hybridized carbons (Fsp3) is 0.417. The van der Waals surface area contributed by atoms with Crippen molar-refractivity contribution in [1.82, 2.24) is 14.5 Å². The smallest absolute Gasteiger partial charge is 0.413 e. The number of nitrogens with zero attached hydrogens (tertiary/aromatic N) is 2. The number of benzene rings is 2. The predicted octanol–water partition coefficient (Wildman–Crippen LogP) is 3.81. The summed E-state index contributed by atoms with van der Waals surface area (Å²) in [7, 11) is -8.19. The van der Waals surface area contributed by atoms with Crippen molar-refractivity contribution in [3.05, 3.63) is 53.8 Å². The zero-order valence-electron chi connectivity index (χ0n) is 20.7.